The average Bonchev–Trinajstić information content (AvgIpc) is 2.13. The molecule has 1 amide bonds. The fraction of sp³-hybridized carbons (Fsp3) is 0.600. The minimum Gasteiger partial charge on any atom is -0.480 e. The Kier molecular flexibility index (Phi) is 1.57. The summed E-state index contributed by atoms with van der Waals surface area (Å²) in [5.74, 6) is -2.01. The molecule has 0 unspecified atom stereocenters. The van der Waals surface area contributed by atoms with Crippen molar-refractivity contribution < 1.29 is 19.1 Å². The van der Waals surface area contributed by atoms with Gasteiger partial charge in [-0.25, -0.2) is 9.18 Å². The van der Waals surface area contributed by atoms with Crippen LogP contribution in [-0.4, -0.2) is 29.2 Å². The van der Waals surface area contributed by atoms with Crippen LogP contribution in [0.5, 0.6) is 0 Å². The lowest BCUT2D eigenvalue weighted by Crippen LogP contribution is -2.32. The van der Waals surface area contributed by atoms with Crippen LogP contribution in [0, 0.1) is 0 Å². The highest BCUT2D eigenvalue weighted by molar-refractivity contribution is 5.90. The topological polar surface area (TPSA) is 66.4 Å². The lowest BCUT2D eigenvalue weighted by Gasteiger charge is -1.99. The third-order valence-electron chi connectivity index (χ3n) is 1.34. The number of halogens is 1. The van der Waals surface area contributed by atoms with Gasteiger partial charge in [-0.2, -0.15) is 0 Å². The fourth-order valence-corrected chi connectivity index (χ4v) is 0.798. The summed E-state index contributed by atoms with van der Waals surface area (Å²) < 4.78 is 12.3. The van der Waals surface area contributed by atoms with E-state index < -0.39 is 24.1 Å². The Hall–Kier alpha value is -1.13. The maximum absolute atomic E-state index is 12.3. The number of rotatable bonds is 1. The minimum absolute atomic E-state index is 0.256. The predicted molar refractivity (Wildman–Crippen MR) is 29.1 cm³/mol. The van der Waals surface area contributed by atoms with Crippen molar-refractivity contribution in [2.24, 2.45) is 0 Å². The Balaban J connectivity index is 2.57. The zero-order valence-electron chi connectivity index (χ0n) is 5.00. The predicted octanol–water partition coefficient (Wildman–Crippen LogP) is -0.702. The number of hydrogen-bond donors (Lipinski definition) is 2. The van der Waals surface area contributed by atoms with Crippen LogP contribution in [0.3, 0.4) is 0 Å². The number of carboxylic acid groups (broad SMARTS) is 1. The second-order valence-electron chi connectivity index (χ2n) is 2.10. The SMILES string of the molecule is O=C1N[C@@H](C(=O)O)C[C@@H]1F. The van der Waals surface area contributed by atoms with Gasteiger partial charge in [0.15, 0.2) is 6.17 Å². The summed E-state index contributed by atoms with van der Waals surface area (Å²) in [6, 6.07) is -1.04. The molecule has 1 heterocycles. The molecule has 0 radical (unpaired) electrons. The lowest BCUT2D eigenvalue weighted by atomic mass is 10.2. The van der Waals surface area contributed by atoms with Gasteiger partial charge < -0.3 is 10.4 Å². The molecule has 10 heavy (non-hydrogen) atoms. The van der Waals surface area contributed by atoms with Gasteiger partial charge in [-0.1, -0.05) is 0 Å². The molecule has 0 aromatic rings. The van der Waals surface area contributed by atoms with Crippen LogP contribution >= 0.6 is 0 Å². The van der Waals surface area contributed by atoms with Gasteiger partial charge in [-0.05, 0) is 0 Å². The summed E-state index contributed by atoms with van der Waals surface area (Å²) in [7, 11) is 0. The first-order valence-electron chi connectivity index (χ1n) is 2.78. The summed E-state index contributed by atoms with van der Waals surface area (Å²) in [5, 5.41) is 10.3. The van der Waals surface area contributed by atoms with Crippen LogP contribution in [0.15, 0.2) is 0 Å². The van der Waals surface area contributed by atoms with Crippen molar-refractivity contribution in [1.29, 1.82) is 0 Å². The highest BCUT2D eigenvalue weighted by Gasteiger charge is 2.35. The molecule has 1 aliphatic heterocycles. The zero-order valence-corrected chi connectivity index (χ0v) is 5.00. The Morgan fingerprint density at radius 2 is 2.40 bits per heavy atom. The molecular weight excluding hydrogens is 141 g/mol. The van der Waals surface area contributed by atoms with Crippen LogP contribution in [-0.2, 0) is 9.59 Å². The molecule has 1 saturated heterocycles. The molecule has 4 nitrogen and oxygen atoms in total. The fourth-order valence-electron chi connectivity index (χ4n) is 0.798. The molecule has 0 bridgehead atoms. The number of amides is 1. The van der Waals surface area contributed by atoms with Gasteiger partial charge in [0.1, 0.15) is 6.04 Å². The van der Waals surface area contributed by atoms with E-state index in [4.69, 9.17) is 5.11 Å². The first-order chi connectivity index (χ1) is 4.61. The second kappa shape index (κ2) is 2.24. The summed E-state index contributed by atoms with van der Waals surface area (Å²) in [6.07, 6.45) is -1.91. The Bertz CT molecular complexity index is 182. The van der Waals surface area contributed by atoms with Crippen LogP contribution in [0.1, 0.15) is 6.42 Å². The Morgan fingerprint density at radius 1 is 1.80 bits per heavy atom. The van der Waals surface area contributed by atoms with E-state index in [0.29, 0.717) is 0 Å². The molecule has 0 spiro atoms. The average molecular weight is 147 g/mol. The van der Waals surface area contributed by atoms with Crippen molar-refractivity contribution in [3.63, 3.8) is 0 Å². The van der Waals surface area contributed by atoms with E-state index >= 15 is 0 Å². The minimum atomic E-state index is -1.65. The van der Waals surface area contributed by atoms with Crippen molar-refractivity contribution >= 4 is 11.9 Å². The van der Waals surface area contributed by atoms with E-state index in [1.807, 2.05) is 5.32 Å². The monoisotopic (exact) mass is 147 g/mol. The van der Waals surface area contributed by atoms with E-state index in [1.54, 1.807) is 0 Å². The first-order valence-corrected chi connectivity index (χ1v) is 2.78. The molecular formula is C5H6FNO3. The van der Waals surface area contributed by atoms with Gasteiger partial charge in [0.25, 0.3) is 5.91 Å². The molecule has 1 fully saturated rings. The van der Waals surface area contributed by atoms with Gasteiger partial charge in [-0.3, -0.25) is 4.79 Å². The summed E-state index contributed by atoms with van der Waals surface area (Å²) in [5.41, 5.74) is 0. The quantitative estimate of drug-likeness (QED) is 0.515. The maximum Gasteiger partial charge on any atom is 0.326 e. The normalized spacial score (nSPS) is 31.9. The number of alkyl halides is 1. The summed E-state index contributed by atoms with van der Waals surface area (Å²) >= 11 is 0. The molecule has 2 atom stereocenters. The number of carbonyl (C=O) groups excluding carboxylic acids is 1. The molecule has 1 aliphatic rings. The van der Waals surface area contributed by atoms with E-state index in [0.717, 1.165) is 0 Å². The third-order valence-corrected chi connectivity index (χ3v) is 1.34. The van der Waals surface area contributed by atoms with E-state index in [9.17, 15) is 14.0 Å². The van der Waals surface area contributed by atoms with Crippen molar-refractivity contribution in [1.82, 2.24) is 5.32 Å². The largest absolute Gasteiger partial charge is 0.480 e. The summed E-state index contributed by atoms with van der Waals surface area (Å²) in [6.45, 7) is 0. The van der Waals surface area contributed by atoms with Crippen LogP contribution in [0.4, 0.5) is 4.39 Å². The highest BCUT2D eigenvalue weighted by Crippen LogP contribution is 2.10. The first kappa shape index (κ1) is 6.98. The number of carbonyl (C=O) groups is 2. The maximum atomic E-state index is 12.3. The molecule has 5 heteroatoms. The number of nitrogens with one attached hydrogen (secondary N) is 1. The third kappa shape index (κ3) is 1.07. The molecule has 0 aliphatic carbocycles. The molecule has 1 rings (SSSR count). The Morgan fingerprint density at radius 3 is 2.60 bits per heavy atom. The van der Waals surface area contributed by atoms with Gasteiger partial charge in [0.2, 0.25) is 0 Å². The van der Waals surface area contributed by atoms with Gasteiger partial charge >= 0.3 is 5.97 Å². The van der Waals surface area contributed by atoms with Crippen LogP contribution in [0.2, 0.25) is 0 Å². The van der Waals surface area contributed by atoms with Gasteiger partial charge in [-0.15, -0.1) is 0 Å². The van der Waals surface area contributed by atoms with Crippen molar-refractivity contribution in [3.8, 4) is 0 Å². The smallest absolute Gasteiger partial charge is 0.326 e. The van der Waals surface area contributed by atoms with Crippen molar-refractivity contribution in [2.75, 3.05) is 0 Å². The second-order valence-corrected chi connectivity index (χ2v) is 2.10. The summed E-state index contributed by atoms with van der Waals surface area (Å²) in [4.78, 5) is 20.5. The van der Waals surface area contributed by atoms with Crippen LogP contribution < -0.4 is 5.32 Å². The molecule has 56 valence electrons. The van der Waals surface area contributed by atoms with E-state index in [2.05, 4.69) is 0 Å². The molecule has 0 aromatic heterocycles. The van der Waals surface area contributed by atoms with Crippen LogP contribution in [0.25, 0.3) is 0 Å². The number of aliphatic carboxylic acids is 1. The van der Waals surface area contributed by atoms with Gasteiger partial charge in [0.05, 0.1) is 0 Å². The lowest BCUT2D eigenvalue weighted by molar-refractivity contribution is -0.140. The van der Waals surface area contributed by atoms with Gasteiger partial charge in [0, 0.05) is 6.42 Å². The molecule has 0 aromatic carbocycles. The number of carboxylic acids is 1. The zero-order chi connectivity index (χ0) is 7.72. The highest BCUT2D eigenvalue weighted by atomic mass is 19.1. The van der Waals surface area contributed by atoms with E-state index in [-0.39, 0.29) is 6.42 Å². The Labute approximate surface area is 56.0 Å². The van der Waals surface area contributed by atoms with Crippen molar-refractivity contribution in [3.05, 3.63) is 0 Å². The van der Waals surface area contributed by atoms with Crippen molar-refractivity contribution in [2.45, 2.75) is 18.6 Å². The standard InChI is InChI=1S/C5H6FNO3/c6-2-1-3(5(9)10)7-4(2)8/h2-3H,1H2,(H,7,8)(H,9,10)/t2-,3+/m0/s1. The van der Waals surface area contributed by atoms with E-state index in [1.165, 1.54) is 0 Å². The molecule has 0 saturated carbocycles. The molecule has 2 N–H and O–H groups in total. The number of hydrogen-bond acceptors (Lipinski definition) is 2.